The van der Waals surface area contributed by atoms with Crippen LogP contribution in [0.5, 0.6) is 5.88 Å². The third-order valence-electron chi connectivity index (χ3n) is 2.11. The van der Waals surface area contributed by atoms with Crippen LogP contribution in [0.4, 0.5) is 0 Å². The Morgan fingerprint density at radius 3 is 2.63 bits per heavy atom. The molecule has 0 atom stereocenters. The number of aromatic nitrogens is 2. The second-order valence-corrected chi connectivity index (χ2v) is 4.07. The summed E-state index contributed by atoms with van der Waals surface area (Å²) in [5, 5.41) is 0.341. The van der Waals surface area contributed by atoms with Crippen LogP contribution in [0.25, 0.3) is 0 Å². The highest BCUT2D eigenvalue weighted by Crippen LogP contribution is 2.14. The number of ether oxygens (including phenoxy) is 4. The van der Waals surface area contributed by atoms with Gasteiger partial charge in [-0.1, -0.05) is 11.6 Å². The molecule has 1 aromatic heterocycles. The van der Waals surface area contributed by atoms with Gasteiger partial charge in [0.05, 0.1) is 19.8 Å². The maximum atomic E-state index is 5.86. The minimum Gasteiger partial charge on any atom is -0.477 e. The highest BCUT2D eigenvalue weighted by atomic mass is 35.5. The summed E-state index contributed by atoms with van der Waals surface area (Å²) >= 11 is 5.86. The van der Waals surface area contributed by atoms with Crippen LogP contribution < -0.4 is 4.74 Å². The normalized spacial score (nSPS) is 10.7. The fourth-order valence-electron chi connectivity index (χ4n) is 1.29. The van der Waals surface area contributed by atoms with Crippen LogP contribution in [0.3, 0.4) is 0 Å². The fourth-order valence-corrected chi connectivity index (χ4v) is 1.48. The van der Waals surface area contributed by atoms with E-state index in [0.29, 0.717) is 49.9 Å². The minimum absolute atomic E-state index is 0.303. The van der Waals surface area contributed by atoms with Crippen molar-refractivity contribution in [3.05, 3.63) is 17.0 Å². The van der Waals surface area contributed by atoms with Gasteiger partial charge in [-0.05, 0) is 0 Å². The van der Waals surface area contributed by atoms with E-state index in [2.05, 4.69) is 9.97 Å². The van der Waals surface area contributed by atoms with Gasteiger partial charge in [0.15, 0.2) is 5.82 Å². The lowest BCUT2D eigenvalue weighted by Gasteiger charge is -2.07. The first-order chi connectivity index (χ1) is 9.26. The van der Waals surface area contributed by atoms with Crippen molar-refractivity contribution in [3.63, 3.8) is 0 Å². The lowest BCUT2D eigenvalue weighted by molar-refractivity contribution is 0.0641. The molecule has 0 aliphatic carbocycles. The van der Waals surface area contributed by atoms with Crippen LogP contribution in [0.1, 0.15) is 12.2 Å². The van der Waals surface area contributed by atoms with Gasteiger partial charge in [0.25, 0.3) is 0 Å². The third-order valence-corrected chi connectivity index (χ3v) is 2.30. The highest BCUT2D eigenvalue weighted by Gasteiger charge is 2.04. The molecule has 0 unspecified atom stereocenters. The van der Waals surface area contributed by atoms with Gasteiger partial charge in [-0.3, -0.25) is 0 Å². The van der Waals surface area contributed by atoms with E-state index in [1.165, 1.54) is 0 Å². The number of methoxy groups -OCH3 is 2. The summed E-state index contributed by atoms with van der Waals surface area (Å²) in [6.07, 6.45) is 0.769. The molecule has 0 N–H and O–H groups in total. The number of halogens is 1. The Balaban J connectivity index is 2.25. The quantitative estimate of drug-likeness (QED) is 0.483. The molecule has 1 rings (SSSR count). The van der Waals surface area contributed by atoms with Gasteiger partial charge in [-0.15, -0.1) is 0 Å². The summed E-state index contributed by atoms with van der Waals surface area (Å²) in [5.41, 5.74) is 0. The standard InChI is InChI=1S/C12H19ClN2O4/c1-16-6-7-18-4-3-5-19-12-8-10(13)14-11(15-12)9-17-2/h8H,3-7,9H2,1-2H3. The third kappa shape index (κ3) is 7.27. The number of rotatable bonds is 10. The van der Waals surface area contributed by atoms with E-state index in [1.807, 2.05) is 0 Å². The van der Waals surface area contributed by atoms with E-state index in [-0.39, 0.29) is 0 Å². The maximum Gasteiger partial charge on any atom is 0.218 e. The van der Waals surface area contributed by atoms with Gasteiger partial charge in [0.2, 0.25) is 5.88 Å². The lowest BCUT2D eigenvalue weighted by atomic mass is 10.5. The van der Waals surface area contributed by atoms with E-state index in [1.54, 1.807) is 20.3 Å². The Kier molecular flexibility index (Phi) is 8.40. The van der Waals surface area contributed by atoms with Crippen molar-refractivity contribution < 1.29 is 18.9 Å². The van der Waals surface area contributed by atoms with Crippen LogP contribution in [-0.2, 0) is 20.8 Å². The second kappa shape index (κ2) is 9.91. The van der Waals surface area contributed by atoms with Gasteiger partial charge in [0.1, 0.15) is 11.8 Å². The van der Waals surface area contributed by atoms with Crippen molar-refractivity contribution in [1.82, 2.24) is 9.97 Å². The van der Waals surface area contributed by atoms with Crippen molar-refractivity contribution in [2.75, 3.05) is 40.6 Å². The van der Waals surface area contributed by atoms with E-state index < -0.39 is 0 Å². The predicted octanol–water partition coefficient (Wildman–Crippen LogP) is 1.71. The molecule has 19 heavy (non-hydrogen) atoms. The molecule has 108 valence electrons. The van der Waals surface area contributed by atoms with Crippen LogP contribution in [-0.4, -0.2) is 50.6 Å². The summed E-state index contributed by atoms with van der Waals surface area (Å²) in [7, 11) is 3.21. The monoisotopic (exact) mass is 290 g/mol. The zero-order valence-corrected chi connectivity index (χ0v) is 12.0. The predicted molar refractivity (Wildman–Crippen MR) is 70.6 cm³/mol. The van der Waals surface area contributed by atoms with Crippen molar-refractivity contribution in [3.8, 4) is 5.88 Å². The van der Waals surface area contributed by atoms with Crippen molar-refractivity contribution in [2.24, 2.45) is 0 Å². The lowest BCUT2D eigenvalue weighted by Crippen LogP contribution is -2.08. The summed E-state index contributed by atoms with van der Waals surface area (Å²) in [4.78, 5) is 8.18. The molecule has 6 nitrogen and oxygen atoms in total. The molecule has 0 saturated heterocycles. The Hall–Kier alpha value is -0.950. The molecule has 0 radical (unpaired) electrons. The van der Waals surface area contributed by atoms with Gasteiger partial charge >= 0.3 is 0 Å². The molecule has 0 aliphatic rings. The van der Waals surface area contributed by atoms with Crippen LogP contribution in [0.15, 0.2) is 6.07 Å². The summed E-state index contributed by atoms with van der Waals surface area (Å²) < 4.78 is 20.6. The first-order valence-electron chi connectivity index (χ1n) is 5.98. The molecule has 7 heteroatoms. The van der Waals surface area contributed by atoms with Gasteiger partial charge in [-0.2, -0.15) is 4.98 Å². The zero-order valence-electron chi connectivity index (χ0n) is 11.2. The Morgan fingerprint density at radius 2 is 1.89 bits per heavy atom. The molecular formula is C12H19ClN2O4. The van der Waals surface area contributed by atoms with Crippen molar-refractivity contribution >= 4 is 11.6 Å². The van der Waals surface area contributed by atoms with Crippen molar-refractivity contribution in [1.29, 1.82) is 0 Å². The Bertz CT molecular complexity index is 366. The topological polar surface area (TPSA) is 62.7 Å². The fraction of sp³-hybridized carbons (Fsp3) is 0.667. The molecule has 0 amide bonds. The molecule has 1 aromatic rings. The van der Waals surface area contributed by atoms with Crippen LogP contribution in [0, 0.1) is 0 Å². The number of hydrogen-bond donors (Lipinski definition) is 0. The first-order valence-corrected chi connectivity index (χ1v) is 6.36. The van der Waals surface area contributed by atoms with E-state index in [9.17, 15) is 0 Å². The molecule has 1 heterocycles. The molecular weight excluding hydrogens is 272 g/mol. The van der Waals surface area contributed by atoms with E-state index in [4.69, 9.17) is 30.5 Å². The summed E-state index contributed by atoms with van der Waals surface area (Å²) in [6, 6.07) is 1.58. The Labute approximate surface area is 118 Å². The van der Waals surface area contributed by atoms with Gasteiger partial charge in [0, 0.05) is 33.3 Å². The molecule has 0 fully saturated rings. The zero-order chi connectivity index (χ0) is 13.9. The van der Waals surface area contributed by atoms with Crippen LogP contribution >= 0.6 is 11.6 Å². The van der Waals surface area contributed by atoms with Crippen LogP contribution in [0.2, 0.25) is 5.15 Å². The van der Waals surface area contributed by atoms with E-state index in [0.717, 1.165) is 6.42 Å². The smallest absolute Gasteiger partial charge is 0.218 e. The molecule has 0 spiro atoms. The molecule has 0 aromatic carbocycles. The highest BCUT2D eigenvalue weighted by molar-refractivity contribution is 6.29. The largest absolute Gasteiger partial charge is 0.477 e. The second-order valence-electron chi connectivity index (χ2n) is 3.69. The average molecular weight is 291 g/mol. The average Bonchev–Trinajstić information content (AvgIpc) is 2.37. The minimum atomic E-state index is 0.303. The molecule has 0 saturated carbocycles. The maximum absolute atomic E-state index is 5.86. The van der Waals surface area contributed by atoms with E-state index >= 15 is 0 Å². The molecule has 0 bridgehead atoms. The molecule has 0 aliphatic heterocycles. The summed E-state index contributed by atoms with van der Waals surface area (Å²) in [5.74, 6) is 0.949. The van der Waals surface area contributed by atoms with Gasteiger partial charge < -0.3 is 18.9 Å². The first kappa shape index (κ1) is 16.1. The van der Waals surface area contributed by atoms with Gasteiger partial charge in [-0.25, -0.2) is 4.98 Å². The number of nitrogens with zero attached hydrogens (tertiary/aromatic N) is 2. The summed E-state index contributed by atoms with van der Waals surface area (Å²) in [6.45, 7) is 2.62. The van der Waals surface area contributed by atoms with Crippen molar-refractivity contribution in [2.45, 2.75) is 13.0 Å². The SMILES string of the molecule is COCCOCCCOc1cc(Cl)nc(COC)n1. The Morgan fingerprint density at radius 1 is 1.05 bits per heavy atom. The number of hydrogen-bond acceptors (Lipinski definition) is 6.